The first kappa shape index (κ1) is 20.1. The molecule has 8 nitrogen and oxygen atoms in total. The van der Waals surface area contributed by atoms with Gasteiger partial charge in [-0.1, -0.05) is 18.2 Å². The molecule has 2 heterocycles. The zero-order valence-corrected chi connectivity index (χ0v) is 16.7. The average Bonchev–Trinajstić information content (AvgIpc) is 3.48. The topological polar surface area (TPSA) is 99.0 Å². The Kier molecular flexibility index (Phi) is 5.89. The number of carbonyl (C=O) groups is 2. The first-order chi connectivity index (χ1) is 15.1. The van der Waals surface area contributed by atoms with Crippen LogP contribution in [0.2, 0.25) is 0 Å². The lowest BCUT2D eigenvalue weighted by Gasteiger charge is -2.12. The zero-order chi connectivity index (χ0) is 21.6. The molecule has 1 aromatic heterocycles. The highest BCUT2D eigenvalue weighted by molar-refractivity contribution is 6.06. The molecule has 2 N–H and O–H groups in total. The fraction of sp³-hybridized carbons (Fsp3) is 0.130. The Labute approximate surface area is 178 Å². The van der Waals surface area contributed by atoms with E-state index in [2.05, 4.69) is 10.6 Å². The highest BCUT2D eigenvalue weighted by atomic mass is 16.7. The van der Waals surface area contributed by atoms with Crippen LogP contribution in [0.15, 0.2) is 71.0 Å². The number of carbonyl (C=O) groups excluding carboxylic acids is 2. The predicted octanol–water partition coefficient (Wildman–Crippen LogP) is 3.10. The van der Waals surface area contributed by atoms with Gasteiger partial charge < -0.3 is 29.3 Å². The number of ether oxygens (including phenoxy) is 3. The van der Waals surface area contributed by atoms with Crippen molar-refractivity contribution in [2.45, 2.75) is 6.54 Å². The molecule has 2 amide bonds. The van der Waals surface area contributed by atoms with Crippen LogP contribution in [0.5, 0.6) is 17.2 Å². The third-order valence-corrected chi connectivity index (χ3v) is 4.56. The number of hydrogen-bond donors (Lipinski definition) is 2. The van der Waals surface area contributed by atoms with Crippen LogP contribution < -0.4 is 24.8 Å². The van der Waals surface area contributed by atoms with E-state index in [0.29, 0.717) is 34.1 Å². The molecule has 0 spiro atoms. The second-order valence-corrected chi connectivity index (χ2v) is 6.59. The third kappa shape index (κ3) is 4.69. The van der Waals surface area contributed by atoms with E-state index < -0.39 is 11.8 Å². The Bertz CT molecular complexity index is 1120. The molecule has 2 aromatic carbocycles. The molecule has 0 saturated carbocycles. The summed E-state index contributed by atoms with van der Waals surface area (Å²) in [4.78, 5) is 25.7. The smallest absolute Gasteiger partial charge is 0.268 e. The van der Waals surface area contributed by atoms with E-state index >= 15 is 0 Å². The summed E-state index contributed by atoms with van der Waals surface area (Å²) in [6, 6.07) is 15.5. The minimum atomic E-state index is -0.475. The van der Waals surface area contributed by atoms with Gasteiger partial charge >= 0.3 is 0 Å². The lowest BCUT2D eigenvalue weighted by Crippen LogP contribution is -2.34. The molecule has 4 rings (SSSR count). The summed E-state index contributed by atoms with van der Waals surface area (Å²) < 4.78 is 21.2. The Morgan fingerprint density at radius 2 is 1.90 bits per heavy atom. The summed E-state index contributed by atoms with van der Waals surface area (Å²) in [6.07, 6.45) is 3.08. The van der Waals surface area contributed by atoms with E-state index in [9.17, 15) is 9.59 Å². The van der Waals surface area contributed by atoms with Crippen molar-refractivity contribution >= 4 is 17.9 Å². The van der Waals surface area contributed by atoms with Crippen molar-refractivity contribution in [2.24, 2.45) is 0 Å². The molecule has 1 aliphatic heterocycles. The molecule has 0 fully saturated rings. The molecule has 0 aliphatic carbocycles. The summed E-state index contributed by atoms with van der Waals surface area (Å²) >= 11 is 0. The van der Waals surface area contributed by atoms with Gasteiger partial charge in [-0.2, -0.15) is 0 Å². The number of hydrogen-bond acceptors (Lipinski definition) is 6. The monoisotopic (exact) mass is 420 g/mol. The molecule has 0 bridgehead atoms. The predicted molar refractivity (Wildman–Crippen MR) is 112 cm³/mol. The molecular weight excluding hydrogens is 400 g/mol. The van der Waals surface area contributed by atoms with Gasteiger partial charge in [-0.05, 0) is 48.0 Å². The van der Waals surface area contributed by atoms with E-state index in [1.54, 1.807) is 60.7 Å². The Morgan fingerprint density at radius 3 is 2.71 bits per heavy atom. The summed E-state index contributed by atoms with van der Waals surface area (Å²) in [7, 11) is 1.48. The van der Waals surface area contributed by atoms with E-state index in [-0.39, 0.29) is 19.0 Å². The molecule has 31 heavy (non-hydrogen) atoms. The van der Waals surface area contributed by atoms with Crippen LogP contribution in [0.4, 0.5) is 0 Å². The van der Waals surface area contributed by atoms with Crippen LogP contribution in [0, 0.1) is 0 Å². The van der Waals surface area contributed by atoms with E-state index in [1.165, 1.54) is 13.4 Å². The minimum absolute atomic E-state index is 0.0568. The van der Waals surface area contributed by atoms with Gasteiger partial charge in [0.15, 0.2) is 11.5 Å². The van der Waals surface area contributed by atoms with Gasteiger partial charge in [0.25, 0.3) is 11.8 Å². The van der Waals surface area contributed by atoms with E-state index in [0.717, 1.165) is 0 Å². The Balaban J connectivity index is 1.60. The number of benzene rings is 2. The summed E-state index contributed by atoms with van der Waals surface area (Å²) in [6.45, 7) is 0.318. The van der Waals surface area contributed by atoms with Gasteiger partial charge in [0.05, 0.1) is 25.5 Å². The lowest BCUT2D eigenvalue weighted by atomic mass is 10.1. The van der Waals surface area contributed by atoms with Crippen molar-refractivity contribution in [1.29, 1.82) is 0 Å². The van der Waals surface area contributed by atoms with Crippen molar-refractivity contribution < 1.29 is 28.2 Å². The molecule has 1 aliphatic rings. The fourth-order valence-electron chi connectivity index (χ4n) is 3.03. The zero-order valence-electron chi connectivity index (χ0n) is 16.7. The summed E-state index contributed by atoms with van der Waals surface area (Å²) in [5.74, 6) is 1.24. The van der Waals surface area contributed by atoms with Crippen LogP contribution in [0.1, 0.15) is 21.7 Å². The molecule has 8 heteroatoms. The maximum Gasteiger partial charge on any atom is 0.268 e. The third-order valence-electron chi connectivity index (χ3n) is 4.56. The van der Waals surface area contributed by atoms with Crippen LogP contribution in [-0.2, 0) is 11.3 Å². The molecule has 158 valence electrons. The number of amides is 2. The second-order valence-electron chi connectivity index (χ2n) is 6.59. The fourth-order valence-corrected chi connectivity index (χ4v) is 3.03. The van der Waals surface area contributed by atoms with Crippen molar-refractivity contribution in [2.75, 3.05) is 13.9 Å². The van der Waals surface area contributed by atoms with E-state index in [1.807, 2.05) is 0 Å². The largest absolute Gasteiger partial charge is 0.496 e. The standard InChI is InChI=1S/C23H20N2O6/c1-28-19-7-3-2-6-17(19)22(26)25-18(23(27)24-13-16-5-4-10-29-16)11-15-8-9-20-21(12-15)31-14-30-20/h2-12H,13-14H2,1H3,(H,24,27)(H,25,26)/b18-11+. The van der Waals surface area contributed by atoms with Gasteiger partial charge in [-0.15, -0.1) is 0 Å². The van der Waals surface area contributed by atoms with Crippen LogP contribution in [-0.4, -0.2) is 25.7 Å². The van der Waals surface area contributed by atoms with Crippen molar-refractivity contribution in [3.8, 4) is 17.2 Å². The van der Waals surface area contributed by atoms with E-state index in [4.69, 9.17) is 18.6 Å². The summed E-state index contributed by atoms with van der Waals surface area (Å²) in [5, 5.41) is 5.42. The van der Waals surface area contributed by atoms with Gasteiger partial charge in [0, 0.05) is 0 Å². The maximum absolute atomic E-state index is 12.9. The highest BCUT2D eigenvalue weighted by Gasteiger charge is 2.19. The minimum Gasteiger partial charge on any atom is -0.496 e. The quantitative estimate of drug-likeness (QED) is 0.570. The van der Waals surface area contributed by atoms with Gasteiger partial charge in [0.1, 0.15) is 17.2 Å². The SMILES string of the molecule is COc1ccccc1C(=O)N/C(=C/c1ccc2c(c1)OCO2)C(=O)NCc1ccco1. The Hall–Kier alpha value is -4.20. The molecule has 0 saturated heterocycles. The molecule has 0 unspecified atom stereocenters. The van der Waals surface area contributed by atoms with Crippen molar-refractivity contribution in [3.05, 3.63) is 83.4 Å². The number of fused-ring (bicyclic) bond motifs is 1. The molecular formula is C23H20N2O6. The van der Waals surface area contributed by atoms with Gasteiger partial charge in [-0.3, -0.25) is 9.59 Å². The lowest BCUT2D eigenvalue weighted by molar-refractivity contribution is -0.118. The van der Waals surface area contributed by atoms with Crippen LogP contribution in [0.3, 0.4) is 0 Å². The molecule has 3 aromatic rings. The summed E-state index contributed by atoms with van der Waals surface area (Å²) in [5.41, 5.74) is 1.02. The maximum atomic E-state index is 12.9. The Morgan fingerprint density at radius 1 is 1.06 bits per heavy atom. The number of nitrogens with one attached hydrogen (secondary N) is 2. The average molecular weight is 420 g/mol. The molecule has 0 atom stereocenters. The second kappa shape index (κ2) is 9.08. The highest BCUT2D eigenvalue weighted by Crippen LogP contribution is 2.33. The van der Waals surface area contributed by atoms with Crippen LogP contribution in [0.25, 0.3) is 6.08 Å². The molecule has 0 radical (unpaired) electrons. The van der Waals surface area contributed by atoms with Gasteiger partial charge in [-0.25, -0.2) is 0 Å². The number of methoxy groups -OCH3 is 1. The first-order valence-corrected chi connectivity index (χ1v) is 9.50. The van der Waals surface area contributed by atoms with Gasteiger partial charge in [0.2, 0.25) is 6.79 Å². The van der Waals surface area contributed by atoms with Crippen molar-refractivity contribution in [1.82, 2.24) is 10.6 Å². The van der Waals surface area contributed by atoms with Crippen LogP contribution >= 0.6 is 0 Å². The number of furan rings is 1. The first-order valence-electron chi connectivity index (χ1n) is 9.50. The normalized spacial score (nSPS) is 12.4. The number of rotatable bonds is 7. The van der Waals surface area contributed by atoms with Crippen molar-refractivity contribution in [3.63, 3.8) is 0 Å². The number of para-hydroxylation sites is 1.